The van der Waals surface area contributed by atoms with Crippen LogP contribution in [0.3, 0.4) is 0 Å². The van der Waals surface area contributed by atoms with Gasteiger partial charge in [-0.3, -0.25) is 0 Å². The SMILES string of the molecule is CC1CCCC(Nc2nc(C(=O)O)ccc2N)C1. The maximum atomic E-state index is 10.9. The highest BCUT2D eigenvalue weighted by atomic mass is 16.4. The smallest absolute Gasteiger partial charge is 0.354 e. The number of nitrogen functional groups attached to an aromatic ring is 1. The van der Waals surface area contributed by atoms with Crippen molar-refractivity contribution in [3.63, 3.8) is 0 Å². The largest absolute Gasteiger partial charge is 0.477 e. The third-order valence-electron chi connectivity index (χ3n) is 3.42. The second-order valence-corrected chi connectivity index (χ2v) is 5.05. The van der Waals surface area contributed by atoms with Gasteiger partial charge in [-0.15, -0.1) is 0 Å². The molecule has 0 spiro atoms. The normalized spacial score (nSPS) is 23.6. The number of anilines is 2. The van der Waals surface area contributed by atoms with Crippen LogP contribution in [0, 0.1) is 5.92 Å². The van der Waals surface area contributed by atoms with E-state index in [0.29, 0.717) is 23.5 Å². The highest BCUT2D eigenvalue weighted by Crippen LogP contribution is 2.27. The summed E-state index contributed by atoms with van der Waals surface area (Å²) in [6.07, 6.45) is 4.62. The predicted octanol–water partition coefficient (Wildman–Crippen LogP) is 2.35. The molecule has 2 atom stereocenters. The fourth-order valence-corrected chi connectivity index (χ4v) is 2.46. The first-order valence-corrected chi connectivity index (χ1v) is 6.32. The van der Waals surface area contributed by atoms with Gasteiger partial charge in [0.15, 0.2) is 5.69 Å². The number of hydrogen-bond donors (Lipinski definition) is 3. The molecule has 98 valence electrons. The molecule has 0 aromatic carbocycles. The van der Waals surface area contributed by atoms with E-state index in [1.807, 2.05) is 0 Å². The second kappa shape index (κ2) is 5.25. The van der Waals surface area contributed by atoms with Crippen molar-refractivity contribution in [2.75, 3.05) is 11.1 Å². The van der Waals surface area contributed by atoms with E-state index in [1.165, 1.54) is 18.9 Å². The van der Waals surface area contributed by atoms with Crippen molar-refractivity contribution in [3.05, 3.63) is 17.8 Å². The van der Waals surface area contributed by atoms with Crippen molar-refractivity contribution in [2.24, 2.45) is 5.92 Å². The topological polar surface area (TPSA) is 88.2 Å². The summed E-state index contributed by atoms with van der Waals surface area (Å²) in [6.45, 7) is 2.23. The highest BCUT2D eigenvalue weighted by molar-refractivity contribution is 5.86. The summed E-state index contributed by atoms with van der Waals surface area (Å²) in [5, 5.41) is 12.2. The molecule has 0 amide bonds. The molecule has 5 nitrogen and oxygen atoms in total. The lowest BCUT2D eigenvalue weighted by molar-refractivity contribution is 0.0690. The van der Waals surface area contributed by atoms with E-state index in [4.69, 9.17) is 10.8 Å². The van der Waals surface area contributed by atoms with Gasteiger partial charge in [0, 0.05) is 6.04 Å². The van der Waals surface area contributed by atoms with Crippen LogP contribution in [0.2, 0.25) is 0 Å². The van der Waals surface area contributed by atoms with Gasteiger partial charge in [-0.05, 0) is 30.9 Å². The van der Waals surface area contributed by atoms with Crippen LogP contribution in [0.5, 0.6) is 0 Å². The molecule has 1 aliphatic carbocycles. The fourth-order valence-electron chi connectivity index (χ4n) is 2.46. The molecule has 4 N–H and O–H groups in total. The van der Waals surface area contributed by atoms with E-state index in [2.05, 4.69) is 17.2 Å². The van der Waals surface area contributed by atoms with Gasteiger partial charge < -0.3 is 16.2 Å². The molecule has 0 aliphatic heterocycles. The van der Waals surface area contributed by atoms with E-state index >= 15 is 0 Å². The molecular formula is C13H19N3O2. The molecule has 18 heavy (non-hydrogen) atoms. The average molecular weight is 249 g/mol. The van der Waals surface area contributed by atoms with Crippen LogP contribution in [-0.2, 0) is 0 Å². The minimum Gasteiger partial charge on any atom is -0.477 e. The lowest BCUT2D eigenvalue weighted by Crippen LogP contribution is -2.27. The summed E-state index contributed by atoms with van der Waals surface area (Å²) in [6, 6.07) is 3.35. The number of nitrogens with one attached hydrogen (secondary N) is 1. The zero-order chi connectivity index (χ0) is 13.1. The number of pyridine rings is 1. The van der Waals surface area contributed by atoms with E-state index in [-0.39, 0.29) is 5.69 Å². The molecule has 2 unspecified atom stereocenters. The molecule has 1 aromatic heterocycles. The molecule has 1 aromatic rings. The average Bonchev–Trinajstić information content (AvgIpc) is 2.31. The van der Waals surface area contributed by atoms with Crippen molar-refractivity contribution in [1.82, 2.24) is 4.98 Å². The number of hydrogen-bond acceptors (Lipinski definition) is 4. The van der Waals surface area contributed by atoms with E-state index in [1.54, 1.807) is 6.07 Å². The zero-order valence-corrected chi connectivity index (χ0v) is 10.5. The molecule has 1 saturated carbocycles. The quantitative estimate of drug-likeness (QED) is 0.765. The number of nitrogens with zero attached hydrogens (tertiary/aromatic N) is 1. The Morgan fingerprint density at radius 3 is 2.94 bits per heavy atom. The molecule has 0 bridgehead atoms. The van der Waals surface area contributed by atoms with Gasteiger partial charge in [-0.25, -0.2) is 9.78 Å². The van der Waals surface area contributed by atoms with Crippen molar-refractivity contribution in [1.29, 1.82) is 0 Å². The van der Waals surface area contributed by atoms with Crippen molar-refractivity contribution in [3.8, 4) is 0 Å². The Kier molecular flexibility index (Phi) is 3.69. The van der Waals surface area contributed by atoms with Crippen molar-refractivity contribution in [2.45, 2.75) is 38.6 Å². The molecule has 0 saturated heterocycles. The summed E-state index contributed by atoms with van der Waals surface area (Å²) >= 11 is 0. The van der Waals surface area contributed by atoms with Gasteiger partial charge in [0.2, 0.25) is 0 Å². The molecular weight excluding hydrogens is 230 g/mol. The summed E-state index contributed by atoms with van der Waals surface area (Å²) in [5.41, 5.74) is 6.35. The Labute approximate surface area is 106 Å². The van der Waals surface area contributed by atoms with Crippen LogP contribution in [0.15, 0.2) is 12.1 Å². The first-order chi connectivity index (χ1) is 8.56. The van der Waals surface area contributed by atoms with Gasteiger partial charge >= 0.3 is 5.97 Å². The second-order valence-electron chi connectivity index (χ2n) is 5.05. The monoisotopic (exact) mass is 249 g/mol. The van der Waals surface area contributed by atoms with Gasteiger partial charge in [-0.1, -0.05) is 19.8 Å². The minimum atomic E-state index is -1.03. The number of aromatic nitrogens is 1. The highest BCUT2D eigenvalue weighted by Gasteiger charge is 2.20. The van der Waals surface area contributed by atoms with Crippen LogP contribution in [0.25, 0.3) is 0 Å². The van der Waals surface area contributed by atoms with E-state index < -0.39 is 5.97 Å². The Morgan fingerprint density at radius 1 is 1.50 bits per heavy atom. The first-order valence-electron chi connectivity index (χ1n) is 6.32. The number of carboxylic acid groups (broad SMARTS) is 1. The molecule has 5 heteroatoms. The first kappa shape index (κ1) is 12.7. The number of carbonyl (C=O) groups is 1. The molecule has 1 aliphatic rings. The number of rotatable bonds is 3. The number of nitrogens with two attached hydrogens (primary N) is 1. The van der Waals surface area contributed by atoms with Crippen LogP contribution in [-0.4, -0.2) is 22.1 Å². The van der Waals surface area contributed by atoms with Gasteiger partial charge in [0.25, 0.3) is 0 Å². The summed E-state index contributed by atoms with van der Waals surface area (Å²) < 4.78 is 0. The lowest BCUT2D eigenvalue weighted by atomic mass is 9.87. The van der Waals surface area contributed by atoms with Gasteiger partial charge in [0.1, 0.15) is 5.82 Å². The maximum absolute atomic E-state index is 10.9. The Hall–Kier alpha value is -1.78. The Morgan fingerprint density at radius 2 is 2.28 bits per heavy atom. The summed E-state index contributed by atoms with van der Waals surface area (Å²) in [4.78, 5) is 14.9. The minimum absolute atomic E-state index is 0.0237. The van der Waals surface area contributed by atoms with E-state index in [9.17, 15) is 4.79 Å². The van der Waals surface area contributed by atoms with Crippen molar-refractivity contribution >= 4 is 17.5 Å². The fraction of sp³-hybridized carbons (Fsp3) is 0.538. The van der Waals surface area contributed by atoms with Crippen molar-refractivity contribution < 1.29 is 9.90 Å². The number of carboxylic acids is 1. The molecule has 1 fully saturated rings. The molecule has 2 rings (SSSR count). The molecule has 0 radical (unpaired) electrons. The van der Waals surface area contributed by atoms with E-state index in [0.717, 1.165) is 12.8 Å². The zero-order valence-electron chi connectivity index (χ0n) is 10.5. The number of aromatic carboxylic acids is 1. The molecule has 1 heterocycles. The summed E-state index contributed by atoms with van der Waals surface area (Å²) in [5.74, 6) is 0.157. The van der Waals surface area contributed by atoms with Gasteiger partial charge in [0.05, 0.1) is 5.69 Å². The third kappa shape index (κ3) is 2.91. The lowest BCUT2D eigenvalue weighted by Gasteiger charge is -2.28. The maximum Gasteiger partial charge on any atom is 0.354 e. The van der Waals surface area contributed by atoms with Gasteiger partial charge in [-0.2, -0.15) is 0 Å². The standard InChI is InChI=1S/C13H19N3O2/c1-8-3-2-4-9(7-8)15-12-10(14)5-6-11(16-12)13(17)18/h5-6,8-9H,2-4,7,14H2,1H3,(H,15,16)(H,17,18). The summed E-state index contributed by atoms with van der Waals surface area (Å²) in [7, 11) is 0. The third-order valence-corrected chi connectivity index (χ3v) is 3.42. The van der Waals surface area contributed by atoms with Crippen LogP contribution in [0.1, 0.15) is 43.1 Å². The Balaban J connectivity index is 2.12. The van der Waals surface area contributed by atoms with Crippen LogP contribution >= 0.6 is 0 Å². The predicted molar refractivity (Wildman–Crippen MR) is 70.7 cm³/mol. The van der Waals surface area contributed by atoms with Crippen LogP contribution < -0.4 is 11.1 Å². The Bertz CT molecular complexity index is 448. The van der Waals surface area contributed by atoms with Crippen LogP contribution in [0.4, 0.5) is 11.5 Å².